The number of rotatable bonds is 5. The first-order valence-corrected chi connectivity index (χ1v) is 8.31. The van der Waals surface area contributed by atoms with E-state index in [9.17, 15) is 0 Å². The van der Waals surface area contributed by atoms with Gasteiger partial charge in [0.25, 0.3) is 0 Å². The van der Waals surface area contributed by atoms with Gasteiger partial charge in [0.15, 0.2) is 0 Å². The second-order valence-electron chi connectivity index (χ2n) is 5.77. The summed E-state index contributed by atoms with van der Waals surface area (Å²) < 4.78 is 0.544. The Labute approximate surface area is 117 Å². The number of unbranched alkanes of at least 4 members (excludes halogenated alkanes) is 1. The fourth-order valence-electron chi connectivity index (χ4n) is 3.03. The molecule has 18 heavy (non-hydrogen) atoms. The van der Waals surface area contributed by atoms with E-state index in [0.717, 1.165) is 0 Å². The minimum atomic E-state index is 0.544. The highest BCUT2D eigenvalue weighted by Gasteiger charge is 2.32. The van der Waals surface area contributed by atoms with E-state index in [1.807, 2.05) is 0 Å². The molecule has 0 bridgehead atoms. The minimum Gasteiger partial charge on any atom is -0.119 e. The van der Waals surface area contributed by atoms with E-state index in [0.29, 0.717) is 4.75 Å². The third-order valence-corrected chi connectivity index (χ3v) is 5.61. The van der Waals surface area contributed by atoms with Gasteiger partial charge in [0, 0.05) is 9.64 Å². The number of hydrogen-bond donors (Lipinski definition) is 0. The second-order valence-corrected chi connectivity index (χ2v) is 7.31. The van der Waals surface area contributed by atoms with Crippen molar-refractivity contribution in [2.75, 3.05) is 0 Å². The third-order valence-electron chi connectivity index (χ3n) is 4.07. The van der Waals surface area contributed by atoms with Gasteiger partial charge in [0.1, 0.15) is 0 Å². The van der Waals surface area contributed by atoms with Crippen molar-refractivity contribution in [2.24, 2.45) is 0 Å². The number of aryl methyl sites for hydroxylation is 1. The zero-order chi connectivity index (χ0) is 12.8. The zero-order valence-electron chi connectivity index (χ0n) is 11.9. The maximum absolute atomic E-state index is 2.35. The molecule has 0 amide bonds. The zero-order valence-corrected chi connectivity index (χ0v) is 12.7. The first-order chi connectivity index (χ1) is 8.74. The molecule has 1 heteroatoms. The van der Waals surface area contributed by atoms with Crippen molar-refractivity contribution >= 4 is 11.8 Å². The minimum absolute atomic E-state index is 0.544. The lowest BCUT2D eigenvalue weighted by Crippen LogP contribution is -2.27. The summed E-state index contributed by atoms with van der Waals surface area (Å²) >= 11 is 2.17. The Bertz CT molecular complexity index is 364. The Morgan fingerprint density at radius 2 is 1.94 bits per heavy atom. The van der Waals surface area contributed by atoms with Crippen LogP contribution >= 0.6 is 11.8 Å². The monoisotopic (exact) mass is 262 g/mol. The summed E-state index contributed by atoms with van der Waals surface area (Å²) in [4.78, 5) is 1.48. The van der Waals surface area contributed by atoms with Gasteiger partial charge in [-0.25, -0.2) is 0 Å². The molecule has 0 atom stereocenters. The SMILES string of the molecule is CCCCC1(Sc2cccc(C)c2)CCCCC1. The summed E-state index contributed by atoms with van der Waals surface area (Å²) in [6.07, 6.45) is 11.3. The van der Waals surface area contributed by atoms with Gasteiger partial charge in [-0.2, -0.15) is 0 Å². The van der Waals surface area contributed by atoms with Crippen molar-refractivity contribution in [3.8, 4) is 0 Å². The lowest BCUT2D eigenvalue weighted by Gasteiger charge is -2.37. The van der Waals surface area contributed by atoms with Crippen LogP contribution in [0.4, 0.5) is 0 Å². The first kappa shape index (κ1) is 14.0. The van der Waals surface area contributed by atoms with Gasteiger partial charge in [0.2, 0.25) is 0 Å². The lowest BCUT2D eigenvalue weighted by atomic mass is 9.85. The van der Waals surface area contributed by atoms with Crippen LogP contribution in [0.1, 0.15) is 63.9 Å². The molecule has 0 unspecified atom stereocenters. The van der Waals surface area contributed by atoms with Crippen molar-refractivity contribution in [2.45, 2.75) is 74.9 Å². The predicted octanol–water partition coefficient (Wildman–Crippen LogP) is 5.98. The summed E-state index contributed by atoms with van der Waals surface area (Å²) in [6.45, 7) is 4.51. The molecule has 1 aliphatic carbocycles. The number of hydrogen-bond acceptors (Lipinski definition) is 1. The quantitative estimate of drug-likeness (QED) is 0.629. The molecule has 1 aliphatic rings. The molecule has 0 nitrogen and oxygen atoms in total. The van der Waals surface area contributed by atoms with Gasteiger partial charge in [-0.05, 0) is 38.3 Å². The van der Waals surface area contributed by atoms with E-state index in [4.69, 9.17) is 0 Å². The molecular formula is C17H26S. The molecule has 0 aromatic heterocycles. The third kappa shape index (κ3) is 3.78. The summed E-state index contributed by atoms with van der Waals surface area (Å²) in [5.41, 5.74) is 1.39. The van der Waals surface area contributed by atoms with Gasteiger partial charge < -0.3 is 0 Å². The van der Waals surface area contributed by atoms with Crippen LogP contribution in [0.25, 0.3) is 0 Å². The van der Waals surface area contributed by atoms with Crippen LogP contribution in [0.3, 0.4) is 0 Å². The largest absolute Gasteiger partial charge is 0.119 e. The predicted molar refractivity (Wildman–Crippen MR) is 82.4 cm³/mol. The van der Waals surface area contributed by atoms with Crippen LogP contribution in [0.15, 0.2) is 29.2 Å². The molecule has 0 N–H and O–H groups in total. The molecule has 100 valence electrons. The topological polar surface area (TPSA) is 0 Å². The van der Waals surface area contributed by atoms with Crippen LogP contribution in [0, 0.1) is 6.92 Å². The summed E-state index contributed by atoms with van der Waals surface area (Å²) in [5.74, 6) is 0. The van der Waals surface area contributed by atoms with Crippen LogP contribution in [0.2, 0.25) is 0 Å². The van der Waals surface area contributed by atoms with E-state index in [1.54, 1.807) is 0 Å². The van der Waals surface area contributed by atoms with Crippen LogP contribution in [0.5, 0.6) is 0 Å². The van der Waals surface area contributed by atoms with Crippen molar-refractivity contribution in [1.82, 2.24) is 0 Å². The van der Waals surface area contributed by atoms with Crippen molar-refractivity contribution < 1.29 is 0 Å². The maximum Gasteiger partial charge on any atom is 0.0207 e. The standard InChI is InChI=1S/C17H26S/c1-3-4-11-17(12-6-5-7-13-17)18-16-10-8-9-15(2)14-16/h8-10,14H,3-7,11-13H2,1-2H3. The second kappa shape index (κ2) is 6.65. The normalized spacial score (nSPS) is 18.8. The van der Waals surface area contributed by atoms with E-state index in [2.05, 4.69) is 49.9 Å². The Morgan fingerprint density at radius 3 is 2.61 bits per heavy atom. The van der Waals surface area contributed by atoms with Crippen molar-refractivity contribution in [1.29, 1.82) is 0 Å². The average molecular weight is 262 g/mol. The van der Waals surface area contributed by atoms with Crippen LogP contribution in [-0.4, -0.2) is 4.75 Å². The Morgan fingerprint density at radius 1 is 1.17 bits per heavy atom. The fourth-order valence-corrected chi connectivity index (χ4v) is 4.66. The average Bonchev–Trinajstić information content (AvgIpc) is 2.38. The van der Waals surface area contributed by atoms with E-state index in [-0.39, 0.29) is 0 Å². The molecule has 0 saturated heterocycles. The lowest BCUT2D eigenvalue weighted by molar-refractivity contribution is 0.370. The summed E-state index contributed by atoms with van der Waals surface area (Å²) in [7, 11) is 0. The van der Waals surface area contributed by atoms with Crippen LogP contribution < -0.4 is 0 Å². The Balaban J connectivity index is 2.08. The van der Waals surface area contributed by atoms with Gasteiger partial charge in [-0.3, -0.25) is 0 Å². The van der Waals surface area contributed by atoms with Gasteiger partial charge >= 0.3 is 0 Å². The molecule has 2 rings (SSSR count). The van der Waals surface area contributed by atoms with Crippen molar-refractivity contribution in [3.63, 3.8) is 0 Å². The van der Waals surface area contributed by atoms with Crippen LogP contribution in [-0.2, 0) is 0 Å². The molecule has 1 fully saturated rings. The molecule has 0 spiro atoms. The Kier molecular flexibility index (Phi) is 5.17. The fraction of sp³-hybridized carbons (Fsp3) is 0.647. The number of thioether (sulfide) groups is 1. The molecular weight excluding hydrogens is 236 g/mol. The first-order valence-electron chi connectivity index (χ1n) is 7.50. The highest BCUT2D eigenvalue weighted by atomic mass is 32.2. The molecule has 0 aliphatic heterocycles. The van der Waals surface area contributed by atoms with E-state index in [1.165, 1.54) is 61.8 Å². The summed E-state index contributed by atoms with van der Waals surface area (Å²) in [5, 5.41) is 0. The maximum atomic E-state index is 2.35. The van der Waals surface area contributed by atoms with Gasteiger partial charge in [-0.15, -0.1) is 11.8 Å². The molecule has 0 radical (unpaired) electrons. The molecule has 1 aromatic rings. The Hall–Kier alpha value is -0.430. The smallest absolute Gasteiger partial charge is 0.0207 e. The highest BCUT2D eigenvalue weighted by Crippen LogP contribution is 2.47. The van der Waals surface area contributed by atoms with Gasteiger partial charge in [-0.1, -0.05) is 56.7 Å². The highest BCUT2D eigenvalue weighted by molar-refractivity contribution is 8.00. The van der Waals surface area contributed by atoms with Gasteiger partial charge in [0.05, 0.1) is 0 Å². The molecule has 0 heterocycles. The molecule has 1 aromatic carbocycles. The van der Waals surface area contributed by atoms with Crippen molar-refractivity contribution in [3.05, 3.63) is 29.8 Å². The molecule has 1 saturated carbocycles. The summed E-state index contributed by atoms with van der Waals surface area (Å²) in [6, 6.07) is 9.05. The number of benzene rings is 1. The van der Waals surface area contributed by atoms with E-state index < -0.39 is 0 Å². The van der Waals surface area contributed by atoms with E-state index >= 15 is 0 Å².